The average molecular weight is 1070 g/mol. The lowest BCUT2D eigenvalue weighted by molar-refractivity contribution is -0.195. The zero-order valence-corrected chi connectivity index (χ0v) is 43.2. The van der Waals surface area contributed by atoms with Gasteiger partial charge in [0, 0.05) is 94.7 Å². The van der Waals surface area contributed by atoms with Gasteiger partial charge in [-0.15, -0.1) is 16.8 Å². The van der Waals surface area contributed by atoms with Gasteiger partial charge >= 0.3 is 17.9 Å². The Morgan fingerprint density at radius 1 is 0.662 bits per heavy atom. The Morgan fingerprint density at radius 2 is 1.15 bits per heavy atom. The quantitative estimate of drug-likeness (QED) is 0.0411. The van der Waals surface area contributed by atoms with Crippen LogP contribution in [0, 0.1) is 5.92 Å². The van der Waals surface area contributed by atoms with Gasteiger partial charge in [0.05, 0.1) is 56.9 Å². The van der Waals surface area contributed by atoms with Crippen LogP contribution in [0.3, 0.4) is 0 Å². The molecule has 0 spiro atoms. The van der Waals surface area contributed by atoms with Gasteiger partial charge in [-0.2, -0.15) is 23.5 Å². The van der Waals surface area contributed by atoms with Crippen LogP contribution in [0.5, 0.6) is 0 Å². The summed E-state index contributed by atoms with van der Waals surface area (Å²) in [6.07, 6.45) is 4.41. The number of carbonyl (C=O) groups excluding carboxylic acids is 8. The summed E-state index contributed by atoms with van der Waals surface area (Å²) in [6.45, 7) is 9.75. The largest absolute Gasteiger partial charge is 0.480 e. The predicted octanol–water partition coefficient (Wildman–Crippen LogP) is -0.845. The van der Waals surface area contributed by atoms with Gasteiger partial charge in [0.2, 0.25) is 29.5 Å². The van der Waals surface area contributed by atoms with E-state index in [4.69, 9.17) is 35.6 Å². The molecular formula is C44H74N8O16S3. The van der Waals surface area contributed by atoms with E-state index in [1.807, 2.05) is 6.92 Å². The third kappa shape index (κ3) is 28.0. The minimum atomic E-state index is -1.10. The minimum Gasteiger partial charge on any atom is -0.480 e. The van der Waals surface area contributed by atoms with E-state index >= 15 is 0 Å². The lowest BCUT2D eigenvalue weighted by atomic mass is 10.1. The Hall–Kier alpha value is -4.25. The van der Waals surface area contributed by atoms with Crippen molar-refractivity contribution in [3.63, 3.8) is 0 Å². The van der Waals surface area contributed by atoms with E-state index in [0.717, 1.165) is 12.8 Å². The molecule has 0 aliphatic carbocycles. The van der Waals surface area contributed by atoms with Gasteiger partial charge < -0.3 is 66.1 Å². The molecule has 0 aromatic rings. The molecule has 0 aromatic carbocycles. The fourth-order valence-electron chi connectivity index (χ4n) is 6.74. The standard InChI is InChI=1S/C24H40N4O8S2.C14H20N2O6S.C6H14N2O2/c29-20(17-37-15-4-22(31)27-7-11-35-12-8-27)25-6-2-1-3-19(24(33)34)26-21(30)18-38-16-5-23(32)28-9-13-36-14-10-28;1-10(14(20)15-4-6-21-7-5-15)8-23-9-13(19)22-16-11(17)2-3-12(16)18;7-4-2-1-3-5(8)6(9)10/h19H,1-18H2,(H,25,29)(H,26,30)(H,33,34);10H,2-9H2,1H3;5H,1-4,7-8H2,(H,9,10). The number of aliphatic carboxylic acids is 2. The van der Waals surface area contributed by atoms with Crippen LogP contribution in [0.2, 0.25) is 0 Å². The number of thioether (sulfide) groups is 3. The van der Waals surface area contributed by atoms with E-state index in [-0.39, 0.29) is 72.0 Å². The first-order valence-corrected chi connectivity index (χ1v) is 27.3. The maximum atomic E-state index is 12.2. The number of hydroxylamine groups is 2. The summed E-state index contributed by atoms with van der Waals surface area (Å²) in [7, 11) is 0. The van der Waals surface area contributed by atoms with Gasteiger partial charge in [0.1, 0.15) is 12.1 Å². The van der Waals surface area contributed by atoms with Crippen LogP contribution in [0.25, 0.3) is 0 Å². The van der Waals surface area contributed by atoms with Crippen LogP contribution >= 0.6 is 35.3 Å². The first kappa shape index (κ1) is 62.9. The zero-order valence-electron chi connectivity index (χ0n) is 40.7. The Labute approximate surface area is 427 Å². The second-order valence-corrected chi connectivity index (χ2v) is 19.8. The monoisotopic (exact) mass is 1070 g/mol. The van der Waals surface area contributed by atoms with Crippen molar-refractivity contribution in [2.45, 2.75) is 83.2 Å². The van der Waals surface area contributed by atoms with Gasteiger partial charge in [-0.25, -0.2) is 9.59 Å². The number of carbonyl (C=O) groups is 10. The molecule has 7 amide bonds. The zero-order chi connectivity index (χ0) is 52.4. The molecule has 4 fully saturated rings. The van der Waals surface area contributed by atoms with Gasteiger partial charge in [-0.1, -0.05) is 13.3 Å². The van der Waals surface area contributed by atoms with Crippen LogP contribution < -0.4 is 22.1 Å². The molecule has 4 saturated heterocycles. The smallest absolute Gasteiger partial charge is 0.342 e. The van der Waals surface area contributed by atoms with Crippen LogP contribution in [-0.2, 0) is 67.0 Å². The maximum absolute atomic E-state index is 12.2. The highest BCUT2D eigenvalue weighted by Crippen LogP contribution is 2.16. The highest BCUT2D eigenvalue weighted by atomic mass is 32.2. The molecule has 4 heterocycles. The van der Waals surface area contributed by atoms with Crippen molar-refractivity contribution in [1.29, 1.82) is 0 Å². The molecule has 3 atom stereocenters. The molecule has 0 radical (unpaired) electrons. The number of carboxylic acid groups (broad SMARTS) is 2. The van der Waals surface area contributed by atoms with Crippen molar-refractivity contribution in [1.82, 2.24) is 30.4 Å². The van der Waals surface area contributed by atoms with E-state index in [2.05, 4.69) is 10.6 Å². The van der Waals surface area contributed by atoms with Crippen molar-refractivity contribution in [3.05, 3.63) is 0 Å². The normalized spacial score (nSPS) is 17.1. The topological polar surface area (TPSA) is 337 Å². The van der Waals surface area contributed by atoms with Crippen molar-refractivity contribution in [3.8, 4) is 0 Å². The van der Waals surface area contributed by atoms with Crippen LogP contribution in [0.4, 0.5) is 0 Å². The Morgan fingerprint density at radius 3 is 1.65 bits per heavy atom. The summed E-state index contributed by atoms with van der Waals surface area (Å²) in [5, 5.41) is 23.6. The van der Waals surface area contributed by atoms with E-state index in [1.54, 1.807) is 14.7 Å². The first-order valence-electron chi connectivity index (χ1n) is 23.9. The van der Waals surface area contributed by atoms with Crippen molar-refractivity contribution >= 4 is 94.5 Å². The Kier molecular flexibility index (Phi) is 33.2. The molecule has 3 unspecified atom stereocenters. The van der Waals surface area contributed by atoms with Gasteiger partial charge in [-0.05, 0) is 38.6 Å². The fraction of sp³-hybridized carbons (Fsp3) is 0.773. The molecule has 404 valence electrons. The summed E-state index contributed by atoms with van der Waals surface area (Å²) in [4.78, 5) is 126. The Balaban J connectivity index is 0.000000439. The molecule has 4 aliphatic heterocycles. The first-order chi connectivity index (χ1) is 34.0. The highest BCUT2D eigenvalue weighted by Gasteiger charge is 2.33. The number of nitrogens with two attached hydrogens (primary N) is 2. The number of amides is 7. The van der Waals surface area contributed by atoms with E-state index in [1.165, 1.54) is 35.3 Å². The van der Waals surface area contributed by atoms with Gasteiger partial charge in [0.15, 0.2) is 0 Å². The van der Waals surface area contributed by atoms with Gasteiger partial charge in [0.25, 0.3) is 11.8 Å². The number of ether oxygens (including phenoxy) is 3. The predicted molar refractivity (Wildman–Crippen MR) is 265 cm³/mol. The number of imide groups is 1. The number of carboxylic acids is 2. The highest BCUT2D eigenvalue weighted by molar-refractivity contribution is 8.00. The summed E-state index contributed by atoms with van der Waals surface area (Å²) in [5.74, 6) is -2.38. The number of hydrogen-bond donors (Lipinski definition) is 6. The molecule has 24 nitrogen and oxygen atoms in total. The van der Waals surface area contributed by atoms with Crippen LogP contribution in [0.15, 0.2) is 0 Å². The average Bonchev–Trinajstić information content (AvgIpc) is 3.68. The molecule has 0 aromatic heterocycles. The molecule has 4 aliphatic rings. The van der Waals surface area contributed by atoms with E-state index in [9.17, 15) is 53.1 Å². The SMILES string of the molecule is CC(CSCC(=O)ON1C(=O)CCC1=O)C(=O)N1CCOCC1.NCCCCC(N)C(=O)O.O=C(CSCCC(=O)N1CCOCC1)NCCCCC(NC(=O)CSCCC(=O)N1CCOCC1)C(=O)O. The third-order valence-electron chi connectivity index (χ3n) is 10.8. The number of hydrogen-bond acceptors (Lipinski definition) is 19. The number of nitrogens with one attached hydrogen (secondary N) is 2. The minimum absolute atomic E-state index is 0.0161. The molecule has 0 bridgehead atoms. The molecule has 4 rings (SSSR count). The summed E-state index contributed by atoms with van der Waals surface area (Å²) < 4.78 is 15.7. The maximum Gasteiger partial charge on any atom is 0.342 e. The number of rotatable bonds is 28. The van der Waals surface area contributed by atoms with Crippen LogP contribution in [-0.4, -0.2) is 228 Å². The van der Waals surface area contributed by atoms with Crippen molar-refractivity contribution in [2.75, 3.05) is 127 Å². The molecule has 0 saturated carbocycles. The fourth-order valence-corrected chi connectivity index (χ4v) is 9.06. The number of nitrogens with zero attached hydrogens (tertiary/aromatic N) is 4. The molecule has 8 N–H and O–H groups in total. The lowest BCUT2D eigenvalue weighted by Crippen LogP contribution is -2.43. The lowest BCUT2D eigenvalue weighted by Gasteiger charge is -2.29. The summed E-state index contributed by atoms with van der Waals surface area (Å²) in [5.41, 5.74) is 10.4. The van der Waals surface area contributed by atoms with E-state index in [0.29, 0.717) is 146 Å². The van der Waals surface area contributed by atoms with Gasteiger partial charge in [-0.3, -0.25) is 38.4 Å². The second-order valence-electron chi connectivity index (χ2n) is 16.5. The molecule has 71 heavy (non-hydrogen) atoms. The van der Waals surface area contributed by atoms with Crippen molar-refractivity contribution < 1.29 is 77.2 Å². The van der Waals surface area contributed by atoms with Crippen LogP contribution in [0.1, 0.15) is 71.1 Å². The second kappa shape index (κ2) is 37.5. The Bertz CT molecular complexity index is 1690. The van der Waals surface area contributed by atoms with E-state index < -0.39 is 41.8 Å². The summed E-state index contributed by atoms with van der Waals surface area (Å²) >= 11 is 3.95. The number of unbranched alkanes of at least 4 members (excludes halogenated alkanes) is 2. The molecule has 27 heteroatoms. The summed E-state index contributed by atoms with van der Waals surface area (Å²) in [6, 6.07) is -1.71. The molecular weight excluding hydrogens is 993 g/mol. The van der Waals surface area contributed by atoms with Crippen molar-refractivity contribution in [2.24, 2.45) is 17.4 Å². The third-order valence-corrected chi connectivity index (χ3v) is 13.9. The number of morpholine rings is 3.